The number of allylic oxidation sites excluding steroid dienone is 1. The number of rotatable bonds is 2. The molecule has 2 aromatic carbocycles. The number of hydrogen-bond donors (Lipinski definition) is 2. The number of carbonyl (C=O) groups is 1. The molecule has 134 valence electrons. The predicted octanol–water partition coefficient (Wildman–Crippen LogP) is 3.11. The van der Waals surface area contributed by atoms with Gasteiger partial charge >= 0.3 is 0 Å². The Morgan fingerprint density at radius 3 is 2.54 bits per heavy atom. The molecule has 0 atom stereocenters. The van der Waals surface area contributed by atoms with Gasteiger partial charge in [-0.3, -0.25) is 4.79 Å². The van der Waals surface area contributed by atoms with Crippen molar-refractivity contribution >= 4 is 29.1 Å². The highest BCUT2D eigenvalue weighted by Gasteiger charge is 2.29. The molecule has 1 heterocycles. The number of carbonyl (C=O) groups excluding carboxylic acids is 1. The van der Waals surface area contributed by atoms with E-state index in [0.717, 1.165) is 41.6 Å². The van der Waals surface area contributed by atoms with Gasteiger partial charge in [0.05, 0.1) is 11.4 Å². The highest BCUT2D eigenvalue weighted by Crippen LogP contribution is 2.41. The van der Waals surface area contributed by atoms with Crippen molar-refractivity contribution in [2.75, 3.05) is 17.8 Å². The van der Waals surface area contributed by atoms with Gasteiger partial charge in [-0.25, -0.2) is 9.40 Å². The zero-order chi connectivity index (χ0) is 18.7. The Morgan fingerprint density at radius 1 is 1.12 bits per heavy atom. The van der Waals surface area contributed by atoms with Crippen molar-refractivity contribution < 1.29 is 9.18 Å². The first-order valence-electron chi connectivity index (χ1n) is 8.42. The van der Waals surface area contributed by atoms with E-state index in [0.29, 0.717) is 17.8 Å². The monoisotopic (exact) mass is 352 g/mol. The van der Waals surface area contributed by atoms with Crippen LogP contribution in [0.2, 0.25) is 0 Å². The first-order valence-corrected chi connectivity index (χ1v) is 8.42. The summed E-state index contributed by atoms with van der Waals surface area (Å²) in [6, 6.07) is 12.0. The molecule has 0 amide bonds. The molecule has 0 bridgehead atoms. The van der Waals surface area contributed by atoms with E-state index in [1.165, 1.54) is 24.7 Å². The third-order valence-electron chi connectivity index (χ3n) is 4.46. The Kier molecular flexibility index (Phi) is 5.14. The summed E-state index contributed by atoms with van der Waals surface area (Å²) < 4.78 is 13.3. The van der Waals surface area contributed by atoms with Crippen LogP contribution in [0.4, 0.5) is 15.8 Å². The summed E-state index contributed by atoms with van der Waals surface area (Å²) in [7, 11) is 1.50. The van der Waals surface area contributed by atoms with Crippen LogP contribution in [0.3, 0.4) is 0 Å². The van der Waals surface area contributed by atoms with Crippen LogP contribution >= 0.6 is 0 Å². The van der Waals surface area contributed by atoms with E-state index in [1.54, 1.807) is 17.1 Å². The van der Waals surface area contributed by atoms with Gasteiger partial charge in [-0.2, -0.15) is 5.10 Å². The number of hydrazone groups is 1. The number of hydrogen-bond acceptors (Lipinski definition) is 5. The van der Waals surface area contributed by atoms with Gasteiger partial charge in [-0.05, 0) is 67.4 Å². The number of aldehydes is 1. The van der Waals surface area contributed by atoms with Crippen molar-refractivity contribution in [2.24, 2.45) is 10.8 Å². The van der Waals surface area contributed by atoms with E-state index in [9.17, 15) is 9.18 Å². The molecule has 0 saturated carbocycles. The summed E-state index contributed by atoms with van der Waals surface area (Å²) in [5.41, 5.74) is 16.7. The Bertz CT molecular complexity index is 887. The van der Waals surface area contributed by atoms with Crippen molar-refractivity contribution in [3.8, 4) is 0 Å². The molecule has 0 radical (unpaired) electrons. The second-order valence-electron chi connectivity index (χ2n) is 6.04. The number of benzene rings is 2. The average Bonchev–Trinajstić information content (AvgIpc) is 2.69. The minimum absolute atomic E-state index is 0.308. The van der Waals surface area contributed by atoms with Crippen LogP contribution in [0.1, 0.15) is 24.0 Å². The Balaban J connectivity index is 0.000000948. The minimum atomic E-state index is -0.308. The second kappa shape index (κ2) is 7.49. The number of anilines is 2. The Labute approximate surface area is 151 Å². The van der Waals surface area contributed by atoms with Gasteiger partial charge in [-0.1, -0.05) is 6.07 Å². The van der Waals surface area contributed by atoms with E-state index in [1.807, 2.05) is 18.2 Å². The molecule has 0 unspecified atom stereocenters. The number of fused-ring (bicyclic) bond motifs is 2. The van der Waals surface area contributed by atoms with Crippen LogP contribution in [-0.4, -0.2) is 19.0 Å². The molecule has 2 aliphatic rings. The largest absolute Gasteiger partial charge is 0.399 e. The SMILES string of the molecule is CN.Nc1ccc2c(c1)C1=C(CC2)CC(C=O)=NN1c1ccc(F)cc1. The highest BCUT2D eigenvalue weighted by molar-refractivity contribution is 6.30. The quantitative estimate of drug-likeness (QED) is 0.642. The normalized spacial score (nSPS) is 15.3. The summed E-state index contributed by atoms with van der Waals surface area (Å²) in [4.78, 5) is 11.3. The maximum absolute atomic E-state index is 13.3. The first kappa shape index (κ1) is 17.8. The van der Waals surface area contributed by atoms with E-state index in [-0.39, 0.29) is 5.82 Å². The molecule has 5 nitrogen and oxygen atoms in total. The van der Waals surface area contributed by atoms with E-state index in [2.05, 4.69) is 10.8 Å². The summed E-state index contributed by atoms with van der Waals surface area (Å²) in [5, 5.41) is 6.21. The van der Waals surface area contributed by atoms with E-state index in [4.69, 9.17) is 5.73 Å². The van der Waals surface area contributed by atoms with Crippen molar-refractivity contribution in [3.05, 3.63) is 65.0 Å². The van der Waals surface area contributed by atoms with Crippen LogP contribution < -0.4 is 16.5 Å². The van der Waals surface area contributed by atoms with Crippen LogP contribution in [0.15, 0.2) is 53.1 Å². The molecular formula is C20H21FN4O. The van der Waals surface area contributed by atoms with Gasteiger partial charge in [0.2, 0.25) is 0 Å². The van der Waals surface area contributed by atoms with Crippen LogP contribution in [0.5, 0.6) is 0 Å². The number of halogens is 1. The molecule has 1 aliphatic heterocycles. The van der Waals surface area contributed by atoms with Crippen LogP contribution in [-0.2, 0) is 11.2 Å². The molecule has 6 heteroatoms. The van der Waals surface area contributed by atoms with Gasteiger partial charge in [0.1, 0.15) is 11.5 Å². The maximum atomic E-state index is 13.3. The van der Waals surface area contributed by atoms with Crippen molar-refractivity contribution in [1.29, 1.82) is 0 Å². The van der Waals surface area contributed by atoms with Crippen molar-refractivity contribution in [2.45, 2.75) is 19.3 Å². The third kappa shape index (κ3) is 3.23. The standard InChI is InChI=1S/C19H16FN3O.CH5N/c20-14-4-7-17(8-5-14)23-19-13(9-16(11-24)22-23)2-1-12-3-6-15(21)10-18(12)19;1-2/h3-8,10-11H,1-2,9,21H2;2H2,1H3. The number of aryl methyl sites for hydroxylation is 1. The van der Waals surface area contributed by atoms with Crippen LogP contribution in [0.25, 0.3) is 5.70 Å². The van der Waals surface area contributed by atoms with E-state index < -0.39 is 0 Å². The topological polar surface area (TPSA) is 84.7 Å². The smallest absolute Gasteiger partial charge is 0.166 e. The second-order valence-corrected chi connectivity index (χ2v) is 6.04. The fraction of sp³-hybridized carbons (Fsp3) is 0.200. The lowest BCUT2D eigenvalue weighted by atomic mass is 9.85. The minimum Gasteiger partial charge on any atom is -0.399 e. The maximum Gasteiger partial charge on any atom is 0.166 e. The molecule has 0 aromatic heterocycles. The fourth-order valence-corrected chi connectivity index (χ4v) is 3.33. The van der Waals surface area contributed by atoms with Gasteiger partial charge in [-0.15, -0.1) is 0 Å². The highest BCUT2D eigenvalue weighted by atomic mass is 19.1. The van der Waals surface area contributed by atoms with Gasteiger partial charge in [0.15, 0.2) is 6.29 Å². The van der Waals surface area contributed by atoms with Crippen molar-refractivity contribution in [1.82, 2.24) is 0 Å². The average molecular weight is 352 g/mol. The van der Waals surface area contributed by atoms with Gasteiger partial charge in [0.25, 0.3) is 0 Å². The number of nitrogens with two attached hydrogens (primary N) is 2. The zero-order valence-electron chi connectivity index (χ0n) is 14.6. The zero-order valence-corrected chi connectivity index (χ0v) is 14.6. The molecule has 4 N–H and O–H groups in total. The molecule has 0 saturated heterocycles. The lowest BCUT2D eigenvalue weighted by Gasteiger charge is -2.34. The molecule has 4 rings (SSSR count). The lowest BCUT2D eigenvalue weighted by molar-refractivity contribution is -0.102. The van der Waals surface area contributed by atoms with Crippen molar-refractivity contribution in [3.63, 3.8) is 0 Å². The lowest BCUT2D eigenvalue weighted by Crippen LogP contribution is -2.27. The molecule has 0 fully saturated rings. The van der Waals surface area contributed by atoms with Gasteiger partial charge < -0.3 is 11.5 Å². The summed E-state index contributed by atoms with van der Waals surface area (Å²) in [6.45, 7) is 0. The fourth-order valence-electron chi connectivity index (χ4n) is 3.33. The molecule has 26 heavy (non-hydrogen) atoms. The molecule has 1 aliphatic carbocycles. The number of nitrogens with zero attached hydrogens (tertiary/aromatic N) is 2. The predicted molar refractivity (Wildman–Crippen MR) is 103 cm³/mol. The van der Waals surface area contributed by atoms with Gasteiger partial charge in [0, 0.05) is 17.7 Å². The molecule has 0 spiro atoms. The summed E-state index contributed by atoms with van der Waals surface area (Å²) in [6.07, 6.45) is 3.12. The number of nitrogen functional groups attached to an aromatic ring is 1. The Hall–Kier alpha value is -2.99. The van der Waals surface area contributed by atoms with E-state index >= 15 is 0 Å². The Morgan fingerprint density at radius 2 is 1.85 bits per heavy atom. The molecular weight excluding hydrogens is 331 g/mol. The third-order valence-corrected chi connectivity index (χ3v) is 4.46. The summed E-state index contributed by atoms with van der Waals surface area (Å²) >= 11 is 0. The summed E-state index contributed by atoms with van der Waals surface area (Å²) in [5.74, 6) is -0.308. The first-order chi connectivity index (χ1) is 12.7. The van der Waals surface area contributed by atoms with Crippen LogP contribution in [0, 0.1) is 5.82 Å². The molecule has 2 aromatic rings.